The zero-order chi connectivity index (χ0) is 14.9. The molecule has 0 aromatic heterocycles. The van der Waals surface area contributed by atoms with Gasteiger partial charge < -0.3 is 10.6 Å². The monoisotopic (exact) mass is 322 g/mol. The first kappa shape index (κ1) is 17.3. The van der Waals surface area contributed by atoms with Crippen LogP contribution in [0.4, 0.5) is 0 Å². The van der Waals surface area contributed by atoms with Crippen LogP contribution in [0.5, 0.6) is 0 Å². The van der Waals surface area contributed by atoms with Crippen LogP contribution in [0.1, 0.15) is 37.3 Å². The quantitative estimate of drug-likeness (QED) is 0.895. The van der Waals surface area contributed by atoms with E-state index in [0.717, 1.165) is 38.8 Å². The molecule has 1 amide bonds. The second-order valence-electron chi connectivity index (χ2n) is 6.91. The molecule has 1 heterocycles. The summed E-state index contributed by atoms with van der Waals surface area (Å²) in [6.07, 6.45) is 4.34. The van der Waals surface area contributed by atoms with Crippen LogP contribution < -0.4 is 10.6 Å². The molecule has 122 valence electrons. The lowest BCUT2D eigenvalue weighted by atomic mass is 9.91. The Morgan fingerprint density at radius 2 is 2.05 bits per heavy atom. The van der Waals surface area contributed by atoms with E-state index in [-0.39, 0.29) is 30.3 Å². The van der Waals surface area contributed by atoms with E-state index in [1.54, 1.807) is 0 Å². The summed E-state index contributed by atoms with van der Waals surface area (Å²) in [6.45, 7) is 6.39. The number of amides is 1. The smallest absolute Gasteiger partial charge is 0.223 e. The lowest BCUT2D eigenvalue weighted by Gasteiger charge is -2.24. The minimum Gasteiger partial charge on any atom is -0.353 e. The molecule has 0 radical (unpaired) electrons. The van der Waals surface area contributed by atoms with Crippen LogP contribution in [0.2, 0.25) is 0 Å². The van der Waals surface area contributed by atoms with E-state index in [1.807, 2.05) is 0 Å². The highest BCUT2D eigenvalue weighted by atomic mass is 35.5. The molecule has 1 saturated carbocycles. The second-order valence-corrected chi connectivity index (χ2v) is 6.91. The molecule has 1 aromatic rings. The van der Waals surface area contributed by atoms with Gasteiger partial charge in [0, 0.05) is 12.0 Å². The molecule has 1 saturated heterocycles. The van der Waals surface area contributed by atoms with E-state index in [1.165, 1.54) is 11.1 Å². The third-order valence-corrected chi connectivity index (χ3v) is 5.28. The molecule has 3 rings (SSSR count). The van der Waals surface area contributed by atoms with E-state index in [4.69, 9.17) is 0 Å². The number of halogens is 1. The van der Waals surface area contributed by atoms with Crippen molar-refractivity contribution in [2.24, 2.45) is 11.3 Å². The molecule has 4 heteroatoms. The van der Waals surface area contributed by atoms with Crippen LogP contribution in [0.25, 0.3) is 0 Å². The molecule has 0 bridgehead atoms. The summed E-state index contributed by atoms with van der Waals surface area (Å²) in [6, 6.07) is 8.63. The molecule has 2 aliphatic rings. The number of nitrogens with one attached hydrogen (secondary N) is 2. The summed E-state index contributed by atoms with van der Waals surface area (Å²) in [7, 11) is 0. The highest BCUT2D eigenvalue weighted by molar-refractivity contribution is 5.85. The summed E-state index contributed by atoms with van der Waals surface area (Å²) < 4.78 is 0. The minimum absolute atomic E-state index is 0. The number of carbonyl (C=O) groups is 1. The van der Waals surface area contributed by atoms with Crippen molar-refractivity contribution in [2.75, 3.05) is 13.1 Å². The number of benzene rings is 1. The first-order valence-corrected chi connectivity index (χ1v) is 8.16. The van der Waals surface area contributed by atoms with Gasteiger partial charge in [0.2, 0.25) is 5.91 Å². The number of hydrogen-bond acceptors (Lipinski definition) is 2. The summed E-state index contributed by atoms with van der Waals surface area (Å²) in [4.78, 5) is 12.4. The SMILES string of the molecule is Cc1ccccc1CC(C)NC(=O)C1CC12CCNCC2.Cl. The van der Waals surface area contributed by atoms with Crippen molar-refractivity contribution < 1.29 is 4.79 Å². The number of aryl methyl sites for hydroxylation is 1. The van der Waals surface area contributed by atoms with Gasteiger partial charge >= 0.3 is 0 Å². The maximum absolute atomic E-state index is 12.4. The fourth-order valence-electron chi connectivity index (χ4n) is 3.76. The predicted octanol–water partition coefficient (Wildman–Crippen LogP) is 2.85. The van der Waals surface area contributed by atoms with Crippen molar-refractivity contribution in [1.29, 1.82) is 0 Å². The van der Waals surface area contributed by atoms with Crippen molar-refractivity contribution in [3.05, 3.63) is 35.4 Å². The fraction of sp³-hybridized carbons (Fsp3) is 0.611. The Labute approximate surface area is 139 Å². The van der Waals surface area contributed by atoms with Crippen LogP contribution in [-0.4, -0.2) is 25.0 Å². The normalized spacial score (nSPS) is 23.5. The highest BCUT2D eigenvalue weighted by Gasteiger charge is 2.57. The van der Waals surface area contributed by atoms with Crippen LogP contribution >= 0.6 is 12.4 Å². The van der Waals surface area contributed by atoms with Gasteiger partial charge in [-0.3, -0.25) is 4.79 Å². The third kappa shape index (κ3) is 3.64. The van der Waals surface area contributed by atoms with Gasteiger partial charge in [0.1, 0.15) is 0 Å². The maximum Gasteiger partial charge on any atom is 0.223 e. The van der Waals surface area contributed by atoms with E-state index in [9.17, 15) is 4.79 Å². The molecule has 2 atom stereocenters. The van der Waals surface area contributed by atoms with Crippen molar-refractivity contribution in [3.63, 3.8) is 0 Å². The molecular formula is C18H27ClN2O. The standard InChI is InChI=1S/C18H26N2O.ClH/c1-13-5-3-4-6-15(13)11-14(2)20-17(21)16-12-18(16)7-9-19-10-8-18;/h3-6,14,16,19H,7-12H2,1-2H3,(H,20,21);1H. The van der Waals surface area contributed by atoms with Crippen molar-refractivity contribution in [2.45, 2.75) is 45.6 Å². The summed E-state index contributed by atoms with van der Waals surface area (Å²) in [5.74, 6) is 0.539. The van der Waals surface area contributed by atoms with Gasteiger partial charge in [0.25, 0.3) is 0 Å². The zero-order valence-corrected chi connectivity index (χ0v) is 14.3. The van der Waals surface area contributed by atoms with E-state index in [2.05, 4.69) is 48.7 Å². The molecule has 2 unspecified atom stereocenters. The Hall–Kier alpha value is -1.06. The van der Waals surface area contributed by atoms with E-state index >= 15 is 0 Å². The topological polar surface area (TPSA) is 41.1 Å². The van der Waals surface area contributed by atoms with Crippen LogP contribution in [-0.2, 0) is 11.2 Å². The molecule has 2 N–H and O–H groups in total. The predicted molar refractivity (Wildman–Crippen MR) is 92.4 cm³/mol. The molecule has 22 heavy (non-hydrogen) atoms. The first-order chi connectivity index (χ1) is 10.1. The number of carbonyl (C=O) groups excluding carboxylic acids is 1. The van der Waals surface area contributed by atoms with Gasteiger partial charge in [0.15, 0.2) is 0 Å². The van der Waals surface area contributed by atoms with Gasteiger partial charge in [-0.2, -0.15) is 0 Å². The molecule has 2 fully saturated rings. The largest absolute Gasteiger partial charge is 0.353 e. The van der Waals surface area contributed by atoms with E-state index < -0.39 is 0 Å². The lowest BCUT2D eigenvalue weighted by Crippen LogP contribution is -2.38. The second kappa shape index (κ2) is 7.01. The van der Waals surface area contributed by atoms with Crippen LogP contribution in [0.3, 0.4) is 0 Å². The molecule has 1 spiro atoms. The first-order valence-electron chi connectivity index (χ1n) is 8.16. The number of rotatable bonds is 4. The van der Waals surface area contributed by atoms with Gasteiger partial charge in [0.05, 0.1) is 0 Å². The Balaban J connectivity index is 0.00000176. The third-order valence-electron chi connectivity index (χ3n) is 5.28. The Bertz CT molecular complexity index is 526. The van der Waals surface area contributed by atoms with Gasteiger partial charge in [-0.05, 0) is 69.2 Å². The fourth-order valence-corrected chi connectivity index (χ4v) is 3.76. The summed E-state index contributed by atoms with van der Waals surface area (Å²) >= 11 is 0. The zero-order valence-electron chi connectivity index (χ0n) is 13.5. The average Bonchev–Trinajstić information content (AvgIpc) is 3.16. The lowest BCUT2D eigenvalue weighted by molar-refractivity contribution is -0.123. The van der Waals surface area contributed by atoms with E-state index in [0.29, 0.717) is 5.41 Å². The molecule has 1 aliphatic heterocycles. The molecule has 3 nitrogen and oxygen atoms in total. The van der Waals surface area contributed by atoms with Gasteiger partial charge in [-0.25, -0.2) is 0 Å². The Kier molecular flexibility index (Phi) is 5.51. The van der Waals surface area contributed by atoms with Crippen molar-refractivity contribution in [1.82, 2.24) is 10.6 Å². The number of piperidine rings is 1. The van der Waals surface area contributed by atoms with Gasteiger partial charge in [-0.1, -0.05) is 24.3 Å². The minimum atomic E-state index is 0. The van der Waals surface area contributed by atoms with Crippen LogP contribution in [0.15, 0.2) is 24.3 Å². The molecular weight excluding hydrogens is 296 g/mol. The number of hydrogen-bond donors (Lipinski definition) is 2. The maximum atomic E-state index is 12.4. The highest BCUT2D eigenvalue weighted by Crippen LogP contribution is 2.58. The Morgan fingerprint density at radius 3 is 2.73 bits per heavy atom. The van der Waals surface area contributed by atoms with Crippen molar-refractivity contribution in [3.8, 4) is 0 Å². The molecule has 1 aliphatic carbocycles. The summed E-state index contributed by atoms with van der Waals surface area (Å²) in [5, 5.41) is 6.62. The average molecular weight is 323 g/mol. The Morgan fingerprint density at radius 1 is 1.36 bits per heavy atom. The summed E-state index contributed by atoms with van der Waals surface area (Å²) in [5.41, 5.74) is 2.97. The molecule has 1 aromatic carbocycles. The van der Waals surface area contributed by atoms with Gasteiger partial charge in [-0.15, -0.1) is 12.4 Å². The van der Waals surface area contributed by atoms with Crippen LogP contribution in [0, 0.1) is 18.3 Å². The van der Waals surface area contributed by atoms with Crippen molar-refractivity contribution >= 4 is 18.3 Å².